The largest absolute Gasteiger partial charge is 0.493 e. The quantitative estimate of drug-likeness (QED) is 0.744. The molecule has 5 heteroatoms. The summed E-state index contributed by atoms with van der Waals surface area (Å²) in [5, 5.41) is 0. The highest BCUT2D eigenvalue weighted by atomic mass is 16.5. The Hall–Kier alpha value is -2.53. The third-order valence-corrected chi connectivity index (χ3v) is 4.68. The highest BCUT2D eigenvalue weighted by Crippen LogP contribution is 2.38. The van der Waals surface area contributed by atoms with Gasteiger partial charge in [-0.1, -0.05) is 30.3 Å². The van der Waals surface area contributed by atoms with Crippen molar-refractivity contribution in [3.63, 3.8) is 0 Å². The highest BCUT2D eigenvalue weighted by Gasteiger charge is 2.33. The van der Waals surface area contributed by atoms with Crippen molar-refractivity contribution in [3.8, 4) is 11.5 Å². The van der Waals surface area contributed by atoms with Gasteiger partial charge in [0.1, 0.15) is 0 Å². The number of nitrogens with zero attached hydrogens (tertiary/aromatic N) is 1. The number of carbonyl (C=O) groups excluding carboxylic acids is 1. The van der Waals surface area contributed by atoms with Crippen LogP contribution in [0.5, 0.6) is 11.5 Å². The van der Waals surface area contributed by atoms with E-state index in [1.54, 1.807) is 14.2 Å². The van der Waals surface area contributed by atoms with E-state index in [4.69, 9.17) is 14.2 Å². The van der Waals surface area contributed by atoms with Crippen LogP contribution < -0.4 is 9.47 Å². The van der Waals surface area contributed by atoms with Crippen LogP contribution in [0.25, 0.3) is 0 Å². The number of hydrogen-bond acceptors (Lipinski definition) is 5. The fourth-order valence-electron chi connectivity index (χ4n) is 3.47. The average molecular weight is 355 g/mol. The Morgan fingerprint density at radius 2 is 1.81 bits per heavy atom. The van der Waals surface area contributed by atoms with Gasteiger partial charge < -0.3 is 14.2 Å². The van der Waals surface area contributed by atoms with Gasteiger partial charge in [-0.3, -0.25) is 9.69 Å². The third-order valence-electron chi connectivity index (χ3n) is 4.68. The van der Waals surface area contributed by atoms with Gasteiger partial charge in [0.05, 0.1) is 26.7 Å². The van der Waals surface area contributed by atoms with Crippen molar-refractivity contribution in [2.24, 2.45) is 0 Å². The summed E-state index contributed by atoms with van der Waals surface area (Å²) in [6, 6.07) is 14.2. The maximum atomic E-state index is 12.6. The molecule has 1 unspecified atom stereocenters. The van der Waals surface area contributed by atoms with Crippen molar-refractivity contribution in [2.75, 3.05) is 27.4 Å². The van der Waals surface area contributed by atoms with Gasteiger partial charge >= 0.3 is 5.97 Å². The van der Waals surface area contributed by atoms with Gasteiger partial charge in [0, 0.05) is 19.6 Å². The molecular formula is C21H25NO4. The summed E-state index contributed by atoms with van der Waals surface area (Å²) in [6.07, 6.45) is 0. The number of methoxy groups -OCH3 is 2. The molecule has 2 aromatic rings. The van der Waals surface area contributed by atoms with Crippen LogP contribution in [0, 0.1) is 0 Å². The van der Waals surface area contributed by atoms with E-state index in [1.165, 1.54) is 5.56 Å². The van der Waals surface area contributed by atoms with Crippen LogP contribution in [-0.4, -0.2) is 38.2 Å². The molecule has 0 saturated carbocycles. The Balaban J connectivity index is 1.94. The van der Waals surface area contributed by atoms with Crippen molar-refractivity contribution < 1.29 is 19.0 Å². The standard InChI is InChI=1S/C21H25NO4/c1-4-26-21(23)18-14-22(12-15-8-6-5-7-9-15)13-16-10-19(24-2)20(25-3)11-17(16)18/h5-11,18H,4,12-14H2,1-3H3. The summed E-state index contributed by atoms with van der Waals surface area (Å²) < 4.78 is 16.2. The van der Waals surface area contributed by atoms with Crippen molar-refractivity contribution in [1.82, 2.24) is 4.90 Å². The average Bonchev–Trinajstić information content (AvgIpc) is 2.67. The molecule has 26 heavy (non-hydrogen) atoms. The van der Waals surface area contributed by atoms with Gasteiger partial charge in [-0.15, -0.1) is 0 Å². The van der Waals surface area contributed by atoms with Crippen LogP contribution in [0.3, 0.4) is 0 Å². The Kier molecular flexibility index (Phi) is 5.78. The minimum atomic E-state index is -0.331. The normalized spacial score (nSPS) is 16.7. The summed E-state index contributed by atoms with van der Waals surface area (Å²) in [5.74, 6) is 0.786. The van der Waals surface area contributed by atoms with E-state index >= 15 is 0 Å². The molecule has 2 aromatic carbocycles. The molecule has 0 spiro atoms. The van der Waals surface area contributed by atoms with E-state index in [-0.39, 0.29) is 11.9 Å². The van der Waals surface area contributed by atoms with Gasteiger partial charge in [0.2, 0.25) is 0 Å². The van der Waals surface area contributed by atoms with Gasteiger partial charge in [0.15, 0.2) is 11.5 Å². The minimum absolute atomic E-state index is 0.196. The SMILES string of the molecule is CCOC(=O)C1CN(Cc2ccccc2)Cc2cc(OC)c(OC)cc21. The molecule has 0 aliphatic carbocycles. The molecule has 0 bridgehead atoms. The monoisotopic (exact) mass is 355 g/mol. The topological polar surface area (TPSA) is 48.0 Å². The zero-order valence-electron chi connectivity index (χ0n) is 15.5. The first-order chi connectivity index (χ1) is 12.7. The summed E-state index contributed by atoms with van der Waals surface area (Å²) in [4.78, 5) is 14.9. The summed E-state index contributed by atoms with van der Waals surface area (Å²) in [6.45, 7) is 4.36. The molecule has 0 fully saturated rings. The van der Waals surface area contributed by atoms with E-state index in [2.05, 4.69) is 17.0 Å². The predicted molar refractivity (Wildman–Crippen MR) is 99.5 cm³/mol. The first-order valence-electron chi connectivity index (χ1n) is 8.84. The van der Waals surface area contributed by atoms with Crippen LogP contribution in [0.2, 0.25) is 0 Å². The van der Waals surface area contributed by atoms with E-state index in [1.807, 2.05) is 37.3 Å². The number of fused-ring (bicyclic) bond motifs is 1. The van der Waals surface area contributed by atoms with E-state index in [0.29, 0.717) is 24.7 Å². The van der Waals surface area contributed by atoms with Gasteiger partial charge in [-0.25, -0.2) is 0 Å². The van der Waals surface area contributed by atoms with Crippen molar-refractivity contribution >= 4 is 5.97 Å². The van der Waals surface area contributed by atoms with Crippen molar-refractivity contribution in [2.45, 2.75) is 25.9 Å². The van der Waals surface area contributed by atoms with E-state index < -0.39 is 0 Å². The molecule has 138 valence electrons. The second kappa shape index (κ2) is 8.23. The Morgan fingerprint density at radius 1 is 1.12 bits per heavy atom. The first kappa shape index (κ1) is 18.3. The number of ether oxygens (including phenoxy) is 3. The zero-order valence-corrected chi connectivity index (χ0v) is 15.5. The number of hydrogen-bond donors (Lipinski definition) is 0. The van der Waals surface area contributed by atoms with Crippen LogP contribution in [0.15, 0.2) is 42.5 Å². The van der Waals surface area contributed by atoms with Crippen molar-refractivity contribution in [3.05, 3.63) is 59.2 Å². The summed E-state index contributed by atoms with van der Waals surface area (Å²) >= 11 is 0. The molecule has 0 amide bonds. The number of benzene rings is 2. The number of carbonyl (C=O) groups is 1. The lowest BCUT2D eigenvalue weighted by Gasteiger charge is -2.34. The second-order valence-corrected chi connectivity index (χ2v) is 6.37. The van der Waals surface area contributed by atoms with Crippen LogP contribution >= 0.6 is 0 Å². The third kappa shape index (κ3) is 3.83. The summed E-state index contributed by atoms with van der Waals surface area (Å²) in [7, 11) is 3.23. The van der Waals surface area contributed by atoms with Gasteiger partial charge in [-0.2, -0.15) is 0 Å². The molecule has 1 heterocycles. The highest BCUT2D eigenvalue weighted by molar-refractivity contribution is 5.80. The van der Waals surface area contributed by atoms with Gasteiger partial charge in [0.25, 0.3) is 0 Å². The lowest BCUT2D eigenvalue weighted by Crippen LogP contribution is -2.37. The Bertz CT molecular complexity index is 760. The molecular weight excluding hydrogens is 330 g/mol. The van der Waals surface area contributed by atoms with Gasteiger partial charge in [-0.05, 0) is 35.7 Å². The molecule has 1 atom stereocenters. The van der Waals surface area contributed by atoms with Crippen LogP contribution in [0.1, 0.15) is 29.5 Å². The van der Waals surface area contributed by atoms with E-state index in [9.17, 15) is 4.79 Å². The zero-order chi connectivity index (χ0) is 18.5. The van der Waals surface area contributed by atoms with Crippen LogP contribution in [0.4, 0.5) is 0 Å². The molecule has 3 rings (SSSR count). The number of esters is 1. The maximum absolute atomic E-state index is 12.6. The molecule has 0 radical (unpaired) electrons. The maximum Gasteiger partial charge on any atom is 0.314 e. The Labute approximate surface area is 154 Å². The number of rotatable bonds is 6. The molecule has 1 aliphatic heterocycles. The molecule has 0 saturated heterocycles. The molecule has 5 nitrogen and oxygen atoms in total. The fourth-order valence-corrected chi connectivity index (χ4v) is 3.47. The first-order valence-corrected chi connectivity index (χ1v) is 8.84. The Morgan fingerprint density at radius 3 is 2.46 bits per heavy atom. The molecule has 1 aliphatic rings. The molecule has 0 N–H and O–H groups in total. The predicted octanol–water partition coefficient (Wildman–Crippen LogP) is 3.37. The van der Waals surface area contributed by atoms with Crippen molar-refractivity contribution in [1.29, 1.82) is 0 Å². The van der Waals surface area contributed by atoms with E-state index in [0.717, 1.165) is 24.2 Å². The second-order valence-electron chi connectivity index (χ2n) is 6.37. The minimum Gasteiger partial charge on any atom is -0.493 e. The fraction of sp³-hybridized carbons (Fsp3) is 0.381. The smallest absolute Gasteiger partial charge is 0.314 e. The molecule has 0 aromatic heterocycles. The lowest BCUT2D eigenvalue weighted by atomic mass is 9.89. The summed E-state index contributed by atoms with van der Waals surface area (Å²) in [5.41, 5.74) is 3.26. The lowest BCUT2D eigenvalue weighted by molar-refractivity contribution is -0.145. The van der Waals surface area contributed by atoms with Crippen LogP contribution in [-0.2, 0) is 22.6 Å².